The van der Waals surface area contributed by atoms with E-state index >= 15 is 0 Å². The fourth-order valence-corrected chi connectivity index (χ4v) is 1.45. The number of halogens is 1. The highest BCUT2D eigenvalue weighted by Gasteiger charge is 2.17. The molecule has 0 saturated heterocycles. The van der Waals surface area contributed by atoms with Crippen LogP contribution < -0.4 is 5.32 Å². The van der Waals surface area contributed by atoms with E-state index < -0.39 is 5.37 Å². The third-order valence-corrected chi connectivity index (χ3v) is 2.06. The van der Waals surface area contributed by atoms with Crippen molar-refractivity contribution in [3.05, 3.63) is 29.8 Å². The Kier molecular flexibility index (Phi) is 3.17. The van der Waals surface area contributed by atoms with Crippen LogP contribution in [0.2, 0.25) is 0 Å². The molecule has 0 unspecified atom stereocenters. The molecule has 14 heavy (non-hydrogen) atoms. The maximum absolute atomic E-state index is 10.7. The van der Waals surface area contributed by atoms with Crippen molar-refractivity contribution in [1.29, 1.82) is 0 Å². The summed E-state index contributed by atoms with van der Waals surface area (Å²) in [6, 6.07) is 7.66. The molecule has 0 saturated carbocycles. The molecule has 0 atom stereocenters. The number of rotatable bonds is 1. The highest BCUT2D eigenvalue weighted by atomic mass is 35.5. The van der Waals surface area contributed by atoms with Crippen molar-refractivity contribution in [2.24, 2.45) is 0 Å². The van der Waals surface area contributed by atoms with E-state index in [4.69, 9.17) is 11.6 Å². The quantitative estimate of drug-likeness (QED) is 0.556. The number of para-hydroxylation sites is 1. The second kappa shape index (κ2) is 4.01. The Hall–Kier alpha value is -1.02. The van der Waals surface area contributed by atoms with Gasteiger partial charge in [-0.25, -0.2) is 0 Å². The molecule has 0 fully saturated rings. The van der Waals surface area contributed by atoms with Gasteiger partial charge >= 0.3 is 5.37 Å². The van der Waals surface area contributed by atoms with Crippen LogP contribution in [0.3, 0.4) is 0 Å². The molecule has 0 bridgehead atoms. The maximum atomic E-state index is 10.7. The number of carbonyl (C=O) groups is 1. The van der Waals surface area contributed by atoms with Gasteiger partial charge in [0, 0.05) is 5.69 Å². The van der Waals surface area contributed by atoms with E-state index in [1.54, 1.807) is 0 Å². The highest BCUT2D eigenvalue weighted by Crippen LogP contribution is 2.29. The molecule has 0 aromatic heterocycles. The molecule has 0 heterocycles. The van der Waals surface area contributed by atoms with E-state index in [2.05, 4.69) is 26.1 Å². The molecule has 0 aliphatic carbocycles. The molecule has 0 spiro atoms. The molecular weight excluding hydrogens is 198 g/mol. The summed E-state index contributed by atoms with van der Waals surface area (Å²) in [5.74, 6) is 0. The minimum absolute atomic E-state index is 0.00404. The Balaban J connectivity index is 3.10. The summed E-state index contributed by atoms with van der Waals surface area (Å²) in [5.41, 5.74) is 1.85. The topological polar surface area (TPSA) is 29.1 Å². The first-order chi connectivity index (χ1) is 6.41. The van der Waals surface area contributed by atoms with Crippen LogP contribution >= 0.6 is 11.6 Å². The van der Waals surface area contributed by atoms with Crippen molar-refractivity contribution in [2.45, 2.75) is 26.2 Å². The van der Waals surface area contributed by atoms with E-state index in [9.17, 15) is 4.79 Å². The van der Waals surface area contributed by atoms with E-state index in [0.717, 1.165) is 11.3 Å². The Morgan fingerprint density at radius 3 is 2.36 bits per heavy atom. The summed E-state index contributed by atoms with van der Waals surface area (Å²) in [4.78, 5) is 10.7. The minimum Gasteiger partial charge on any atom is -0.312 e. The average Bonchev–Trinajstić information content (AvgIpc) is 2.01. The molecule has 0 aliphatic heterocycles. The molecule has 1 aromatic carbocycles. The lowest BCUT2D eigenvalue weighted by Gasteiger charge is -2.22. The van der Waals surface area contributed by atoms with Crippen LogP contribution in [-0.4, -0.2) is 5.37 Å². The summed E-state index contributed by atoms with van der Waals surface area (Å²) in [6.07, 6.45) is 0. The largest absolute Gasteiger partial charge is 0.318 e. The molecule has 0 radical (unpaired) electrons. The monoisotopic (exact) mass is 211 g/mol. The van der Waals surface area contributed by atoms with Gasteiger partial charge in [0.2, 0.25) is 0 Å². The summed E-state index contributed by atoms with van der Waals surface area (Å²) in [6.45, 7) is 6.27. The van der Waals surface area contributed by atoms with Crippen molar-refractivity contribution >= 4 is 22.7 Å². The van der Waals surface area contributed by atoms with Gasteiger partial charge in [0.1, 0.15) is 0 Å². The van der Waals surface area contributed by atoms with E-state index in [0.29, 0.717) is 0 Å². The average molecular weight is 212 g/mol. The number of amides is 1. The summed E-state index contributed by atoms with van der Waals surface area (Å²) < 4.78 is 0. The summed E-state index contributed by atoms with van der Waals surface area (Å²) in [5, 5.41) is 2.05. The third-order valence-electron chi connectivity index (χ3n) is 1.97. The molecule has 1 amide bonds. The van der Waals surface area contributed by atoms with Crippen LogP contribution in [0.5, 0.6) is 0 Å². The van der Waals surface area contributed by atoms with Crippen LogP contribution in [0.15, 0.2) is 24.3 Å². The summed E-state index contributed by atoms with van der Waals surface area (Å²) >= 11 is 5.28. The van der Waals surface area contributed by atoms with Gasteiger partial charge in [-0.2, -0.15) is 0 Å². The lowest BCUT2D eigenvalue weighted by molar-refractivity contribution is 0.269. The van der Waals surface area contributed by atoms with Gasteiger partial charge in [0.05, 0.1) is 0 Å². The van der Waals surface area contributed by atoms with Crippen molar-refractivity contribution in [2.75, 3.05) is 5.32 Å². The standard InChI is InChI=1S/C11H14ClNO/c1-11(2,3)8-6-4-5-7-9(8)13-10(12)14/h4-7H,1-3H3,(H,13,14). The fourth-order valence-electron chi connectivity index (χ4n) is 1.35. The number of benzene rings is 1. The minimum atomic E-state index is -0.554. The molecule has 2 nitrogen and oxygen atoms in total. The first-order valence-electron chi connectivity index (χ1n) is 4.47. The van der Waals surface area contributed by atoms with Gasteiger partial charge in [-0.3, -0.25) is 4.79 Å². The third kappa shape index (κ3) is 2.74. The zero-order chi connectivity index (χ0) is 10.8. The van der Waals surface area contributed by atoms with Gasteiger partial charge < -0.3 is 5.32 Å². The Labute approximate surface area is 89.3 Å². The van der Waals surface area contributed by atoms with Gasteiger partial charge in [0.25, 0.3) is 0 Å². The molecule has 76 valence electrons. The number of anilines is 1. The SMILES string of the molecule is CC(C)(C)c1ccccc1NC(=O)Cl. The van der Waals surface area contributed by atoms with Crippen molar-refractivity contribution in [3.63, 3.8) is 0 Å². The molecule has 1 aromatic rings. The van der Waals surface area contributed by atoms with Crippen LogP contribution in [-0.2, 0) is 5.41 Å². The Morgan fingerprint density at radius 2 is 1.86 bits per heavy atom. The predicted octanol–water partition coefficient (Wildman–Crippen LogP) is 3.75. The lowest BCUT2D eigenvalue weighted by atomic mass is 9.86. The van der Waals surface area contributed by atoms with E-state index in [1.165, 1.54) is 0 Å². The Bertz CT molecular complexity index is 341. The Morgan fingerprint density at radius 1 is 1.29 bits per heavy atom. The van der Waals surface area contributed by atoms with Gasteiger partial charge in [-0.05, 0) is 28.6 Å². The van der Waals surface area contributed by atoms with Crippen LogP contribution in [0, 0.1) is 0 Å². The van der Waals surface area contributed by atoms with Crippen LogP contribution in [0.1, 0.15) is 26.3 Å². The lowest BCUT2D eigenvalue weighted by Crippen LogP contribution is -2.15. The van der Waals surface area contributed by atoms with Crippen molar-refractivity contribution in [3.8, 4) is 0 Å². The van der Waals surface area contributed by atoms with Gasteiger partial charge in [-0.15, -0.1) is 0 Å². The molecule has 3 heteroatoms. The first kappa shape index (κ1) is 11.1. The van der Waals surface area contributed by atoms with Crippen molar-refractivity contribution < 1.29 is 4.79 Å². The zero-order valence-corrected chi connectivity index (χ0v) is 9.35. The molecule has 1 rings (SSSR count). The predicted molar refractivity (Wildman–Crippen MR) is 60.0 cm³/mol. The first-order valence-corrected chi connectivity index (χ1v) is 4.85. The van der Waals surface area contributed by atoms with Gasteiger partial charge in [0.15, 0.2) is 0 Å². The number of nitrogens with one attached hydrogen (secondary N) is 1. The normalized spacial score (nSPS) is 11.1. The zero-order valence-electron chi connectivity index (χ0n) is 8.60. The van der Waals surface area contributed by atoms with Crippen LogP contribution in [0.25, 0.3) is 0 Å². The maximum Gasteiger partial charge on any atom is 0.318 e. The number of carbonyl (C=O) groups excluding carboxylic acids is 1. The van der Waals surface area contributed by atoms with E-state index in [-0.39, 0.29) is 5.41 Å². The molecule has 1 N–H and O–H groups in total. The van der Waals surface area contributed by atoms with Crippen LogP contribution in [0.4, 0.5) is 10.5 Å². The number of hydrogen-bond acceptors (Lipinski definition) is 1. The highest BCUT2D eigenvalue weighted by molar-refractivity contribution is 6.65. The smallest absolute Gasteiger partial charge is 0.312 e. The van der Waals surface area contributed by atoms with E-state index in [1.807, 2.05) is 24.3 Å². The second-order valence-corrected chi connectivity index (χ2v) is 4.54. The van der Waals surface area contributed by atoms with Gasteiger partial charge in [-0.1, -0.05) is 39.0 Å². The summed E-state index contributed by atoms with van der Waals surface area (Å²) in [7, 11) is 0. The number of hydrogen-bond donors (Lipinski definition) is 1. The fraction of sp³-hybridized carbons (Fsp3) is 0.364. The molecular formula is C11H14ClNO. The second-order valence-electron chi connectivity index (χ2n) is 4.19. The molecule has 0 aliphatic rings. The van der Waals surface area contributed by atoms with Crippen molar-refractivity contribution in [1.82, 2.24) is 0 Å².